The van der Waals surface area contributed by atoms with Crippen molar-refractivity contribution in [3.63, 3.8) is 0 Å². The molecule has 0 bridgehead atoms. The lowest BCUT2D eigenvalue weighted by molar-refractivity contribution is -0.123. The second kappa shape index (κ2) is 6.20. The largest absolute Gasteiger partial charge is 0.483 e. The summed E-state index contributed by atoms with van der Waals surface area (Å²) in [6.45, 7) is 0.682. The monoisotopic (exact) mass is 312 g/mol. The van der Waals surface area contributed by atoms with Crippen molar-refractivity contribution in [1.29, 1.82) is 0 Å². The molecule has 4 nitrogen and oxygen atoms in total. The number of hydrogen-bond donors (Lipinski definition) is 2. The molecule has 1 aromatic rings. The van der Waals surface area contributed by atoms with Gasteiger partial charge < -0.3 is 15.8 Å². The van der Waals surface area contributed by atoms with Crippen LogP contribution in [0.4, 0.5) is 0 Å². The van der Waals surface area contributed by atoms with Gasteiger partial charge in [-0.25, -0.2) is 0 Å². The maximum absolute atomic E-state index is 11.5. The van der Waals surface area contributed by atoms with Gasteiger partial charge in [-0.3, -0.25) is 4.79 Å². The van der Waals surface area contributed by atoms with Crippen LogP contribution >= 0.6 is 15.9 Å². The lowest BCUT2D eigenvalue weighted by Crippen LogP contribution is -2.30. The molecule has 0 spiro atoms. The fraction of sp³-hybridized carbons (Fsp3) is 0.462. The number of ether oxygens (including phenoxy) is 1. The highest BCUT2D eigenvalue weighted by Crippen LogP contribution is 2.26. The van der Waals surface area contributed by atoms with Gasteiger partial charge in [0.1, 0.15) is 5.75 Å². The number of benzene rings is 1. The van der Waals surface area contributed by atoms with Crippen LogP contribution in [0.5, 0.6) is 5.75 Å². The van der Waals surface area contributed by atoms with E-state index < -0.39 is 0 Å². The van der Waals surface area contributed by atoms with Gasteiger partial charge in [-0.15, -0.1) is 0 Å². The number of rotatable bonds is 6. The molecule has 5 heteroatoms. The first kappa shape index (κ1) is 13.4. The van der Waals surface area contributed by atoms with Gasteiger partial charge >= 0.3 is 0 Å². The molecule has 0 radical (unpaired) electrons. The minimum Gasteiger partial charge on any atom is -0.483 e. The Labute approximate surface area is 115 Å². The molecular formula is C13H17BrN2O2. The first-order valence-corrected chi connectivity index (χ1v) is 6.89. The zero-order valence-corrected chi connectivity index (χ0v) is 11.7. The highest BCUT2D eigenvalue weighted by atomic mass is 79.9. The van der Waals surface area contributed by atoms with E-state index >= 15 is 0 Å². The molecule has 0 atom stereocenters. The molecule has 3 N–H and O–H groups in total. The molecule has 1 aromatic carbocycles. The molecule has 1 fully saturated rings. The smallest absolute Gasteiger partial charge is 0.258 e. The molecule has 18 heavy (non-hydrogen) atoms. The Hall–Kier alpha value is -1.07. The van der Waals surface area contributed by atoms with E-state index in [0.29, 0.717) is 18.3 Å². The molecule has 0 saturated heterocycles. The van der Waals surface area contributed by atoms with Crippen LogP contribution in [0.15, 0.2) is 22.7 Å². The molecule has 0 heterocycles. The number of nitrogens with two attached hydrogens (primary N) is 1. The molecule has 1 aliphatic carbocycles. The molecule has 1 aliphatic rings. The average Bonchev–Trinajstić information content (AvgIpc) is 3.12. The quantitative estimate of drug-likeness (QED) is 0.838. The number of halogens is 1. The molecule has 1 amide bonds. The van der Waals surface area contributed by atoms with Crippen LogP contribution in [-0.2, 0) is 11.2 Å². The summed E-state index contributed by atoms with van der Waals surface area (Å²) in [6, 6.07) is 6.17. The second-order valence-electron chi connectivity index (χ2n) is 4.43. The first-order valence-electron chi connectivity index (χ1n) is 6.09. The van der Waals surface area contributed by atoms with Crippen molar-refractivity contribution >= 4 is 21.8 Å². The lowest BCUT2D eigenvalue weighted by Gasteiger charge is -2.09. The Kier molecular flexibility index (Phi) is 4.60. The van der Waals surface area contributed by atoms with Gasteiger partial charge in [0, 0.05) is 6.04 Å². The van der Waals surface area contributed by atoms with E-state index in [0.717, 1.165) is 29.3 Å². The van der Waals surface area contributed by atoms with E-state index in [1.807, 2.05) is 18.2 Å². The Morgan fingerprint density at radius 1 is 1.50 bits per heavy atom. The number of carbonyl (C=O) groups excluding carboxylic acids is 1. The zero-order valence-electron chi connectivity index (χ0n) is 10.1. The maximum atomic E-state index is 11.5. The molecule has 98 valence electrons. The van der Waals surface area contributed by atoms with Crippen molar-refractivity contribution in [3.05, 3.63) is 28.2 Å². The number of carbonyl (C=O) groups is 1. The predicted octanol–water partition coefficient (Wildman–Crippen LogP) is 1.61. The van der Waals surface area contributed by atoms with Crippen molar-refractivity contribution in [1.82, 2.24) is 5.32 Å². The van der Waals surface area contributed by atoms with Crippen molar-refractivity contribution in [2.45, 2.75) is 25.3 Å². The summed E-state index contributed by atoms with van der Waals surface area (Å²) in [5.41, 5.74) is 6.65. The van der Waals surface area contributed by atoms with E-state index in [1.165, 1.54) is 0 Å². The van der Waals surface area contributed by atoms with Gasteiger partial charge in [0.2, 0.25) is 0 Å². The van der Waals surface area contributed by atoms with Gasteiger partial charge in [0.05, 0.1) is 4.47 Å². The second-order valence-corrected chi connectivity index (χ2v) is 5.29. The summed E-state index contributed by atoms with van der Waals surface area (Å²) < 4.78 is 6.32. The third-order valence-electron chi connectivity index (χ3n) is 2.73. The van der Waals surface area contributed by atoms with Crippen LogP contribution < -0.4 is 15.8 Å². The molecular weight excluding hydrogens is 296 g/mol. The van der Waals surface area contributed by atoms with Crippen LogP contribution in [0, 0.1) is 0 Å². The maximum Gasteiger partial charge on any atom is 0.258 e. The number of hydrogen-bond acceptors (Lipinski definition) is 3. The van der Waals surface area contributed by atoms with Gasteiger partial charge in [-0.2, -0.15) is 0 Å². The van der Waals surface area contributed by atoms with Gasteiger partial charge in [-0.05, 0) is 59.4 Å². The van der Waals surface area contributed by atoms with Gasteiger partial charge in [0.25, 0.3) is 5.91 Å². The SMILES string of the molecule is NCCc1ccc(OCC(=O)NC2CC2)c(Br)c1. The number of nitrogens with one attached hydrogen (secondary N) is 1. The molecule has 1 saturated carbocycles. The average molecular weight is 313 g/mol. The minimum atomic E-state index is -0.0598. The Bertz CT molecular complexity index is 433. The third-order valence-corrected chi connectivity index (χ3v) is 3.35. The van der Waals surface area contributed by atoms with Crippen molar-refractivity contribution in [2.24, 2.45) is 5.73 Å². The predicted molar refractivity (Wildman–Crippen MR) is 73.6 cm³/mol. The topological polar surface area (TPSA) is 64.3 Å². The molecule has 0 aromatic heterocycles. The Morgan fingerprint density at radius 2 is 2.28 bits per heavy atom. The fourth-order valence-corrected chi connectivity index (χ4v) is 2.16. The van der Waals surface area contributed by atoms with E-state index in [9.17, 15) is 4.79 Å². The summed E-state index contributed by atoms with van der Waals surface area (Å²) in [5, 5.41) is 2.88. The zero-order chi connectivity index (χ0) is 13.0. The summed E-state index contributed by atoms with van der Waals surface area (Å²) in [5.74, 6) is 0.622. The molecule has 0 unspecified atom stereocenters. The fourth-order valence-electron chi connectivity index (χ4n) is 1.62. The van der Waals surface area contributed by atoms with Crippen LogP contribution in [0.25, 0.3) is 0 Å². The van der Waals surface area contributed by atoms with Crippen LogP contribution in [0.3, 0.4) is 0 Å². The lowest BCUT2D eigenvalue weighted by atomic mass is 10.1. The Balaban J connectivity index is 1.86. The van der Waals surface area contributed by atoms with Gasteiger partial charge in [-0.1, -0.05) is 6.07 Å². The standard InChI is InChI=1S/C13H17BrN2O2/c14-11-7-9(5-6-15)1-4-12(11)18-8-13(17)16-10-2-3-10/h1,4,7,10H,2-3,5-6,8,15H2,(H,16,17). The van der Waals surface area contributed by atoms with E-state index in [-0.39, 0.29) is 12.5 Å². The van der Waals surface area contributed by atoms with Crippen molar-refractivity contribution in [3.8, 4) is 5.75 Å². The van der Waals surface area contributed by atoms with Crippen LogP contribution in [0.2, 0.25) is 0 Å². The van der Waals surface area contributed by atoms with Crippen LogP contribution in [-0.4, -0.2) is 25.1 Å². The van der Waals surface area contributed by atoms with E-state index in [2.05, 4.69) is 21.2 Å². The van der Waals surface area contributed by atoms with Gasteiger partial charge in [0.15, 0.2) is 6.61 Å². The summed E-state index contributed by atoms with van der Waals surface area (Å²) in [4.78, 5) is 11.5. The molecule has 2 rings (SSSR count). The summed E-state index contributed by atoms with van der Waals surface area (Å²) in [7, 11) is 0. The summed E-state index contributed by atoms with van der Waals surface area (Å²) >= 11 is 3.43. The highest BCUT2D eigenvalue weighted by molar-refractivity contribution is 9.10. The van der Waals surface area contributed by atoms with Crippen molar-refractivity contribution < 1.29 is 9.53 Å². The van der Waals surface area contributed by atoms with E-state index in [1.54, 1.807) is 0 Å². The Morgan fingerprint density at radius 3 is 2.89 bits per heavy atom. The van der Waals surface area contributed by atoms with E-state index in [4.69, 9.17) is 10.5 Å². The summed E-state index contributed by atoms with van der Waals surface area (Å²) in [6.07, 6.45) is 3.01. The number of amides is 1. The molecule has 0 aliphatic heterocycles. The van der Waals surface area contributed by atoms with Crippen molar-refractivity contribution in [2.75, 3.05) is 13.2 Å². The first-order chi connectivity index (χ1) is 8.69. The normalized spacial score (nSPS) is 14.3. The highest BCUT2D eigenvalue weighted by Gasteiger charge is 2.23. The third kappa shape index (κ3) is 3.99. The minimum absolute atomic E-state index is 0.0598. The van der Waals surface area contributed by atoms with Crippen LogP contribution in [0.1, 0.15) is 18.4 Å².